The molecule has 0 unspecified atom stereocenters. The number of benzene rings is 1. The Morgan fingerprint density at radius 3 is 2.59 bits per heavy atom. The molecule has 0 saturated carbocycles. The Labute approximate surface area is 130 Å². The number of carboxylic acid groups (broad SMARTS) is 1. The molecule has 1 N–H and O–H groups in total. The molecule has 0 spiro atoms. The molecule has 1 aromatic carbocycles. The van der Waals surface area contributed by atoms with Crippen molar-refractivity contribution in [1.29, 1.82) is 0 Å². The predicted molar refractivity (Wildman–Crippen MR) is 82.8 cm³/mol. The number of carbonyl (C=O) groups excluding carboxylic acids is 1. The molecule has 0 atom stereocenters. The van der Waals surface area contributed by atoms with E-state index < -0.39 is 5.97 Å². The highest BCUT2D eigenvalue weighted by Gasteiger charge is 2.26. The van der Waals surface area contributed by atoms with Crippen LogP contribution in [0.5, 0.6) is 5.75 Å². The van der Waals surface area contributed by atoms with E-state index >= 15 is 0 Å². The fourth-order valence-corrected chi connectivity index (χ4v) is 2.66. The summed E-state index contributed by atoms with van der Waals surface area (Å²) in [7, 11) is 0. The SMILES string of the molecule is CC(C)Oc1cccc(CC(=O)N2CCC(C(=O)O)CC2)c1. The summed E-state index contributed by atoms with van der Waals surface area (Å²) in [4.78, 5) is 25.0. The average Bonchev–Trinajstić information content (AvgIpc) is 2.47. The molecule has 22 heavy (non-hydrogen) atoms. The third kappa shape index (κ3) is 4.48. The summed E-state index contributed by atoms with van der Waals surface area (Å²) in [5.41, 5.74) is 0.920. The summed E-state index contributed by atoms with van der Waals surface area (Å²) < 4.78 is 5.63. The minimum absolute atomic E-state index is 0.0468. The van der Waals surface area contributed by atoms with Crippen LogP contribution in [0, 0.1) is 5.92 Å². The Morgan fingerprint density at radius 2 is 2.00 bits per heavy atom. The maximum absolute atomic E-state index is 12.3. The van der Waals surface area contributed by atoms with Gasteiger partial charge in [0, 0.05) is 13.1 Å². The lowest BCUT2D eigenvalue weighted by Crippen LogP contribution is -2.40. The van der Waals surface area contributed by atoms with Crippen LogP contribution in [0.4, 0.5) is 0 Å². The van der Waals surface area contributed by atoms with Gasteiger partial charge in [0.05, 0.1) is 18.4 Å². The molecule has 1 aromatic rings. The molecule has 0 aromatic heterocycles. The van der Waals surface area contributed by atoms with Gasteiger partial charge in [0.25, 0.3) is 0 Å². The molecule has 5 nitrogen and oxygen atoms in total. The Kier molecular flexibility index (Phi) is 5.41. The van der Waals surface area contributed by atoms with Gasteiger partial charge in [0.2, 0.25) is 5.91 Å². The van der Waals surface area contributed by atoms with Crippen LogP contribution in [0.1, 0.15) is 32.3 Å². The number of aliphatic carboxylic acids is 1. The smallest absolute Gasteiger partial charge is 0.306 e. The zero-order valence-corrected chi connectivity index (χ0v) is 13.1. The second-order valence-corrected chi connectivity index (χ2v) is 5.98. The van der Waals surface area contributed by atoms with Crippen LogP contribution in [0.25, 0.3) is 0 Å². The first-order valence-electron chi connectivity index (χ1n) is 7.72. The fraction of sp³-hybridized carbons (Fsp3) is 0.529. The number of carboxylic acids is 1. The van der Waals surface area contributed by atoms with Crippen molar-refractivity contribution in [2.75, 3.05) is 13.1 Å². The number of hydrogen-bond donors (Lipinski definition) is 1. The second-order valence-electron chi connectivity index (χ2n) is 5.98. The lowest BCUT2D eigenvalue weighted by atomic mass is 9.96. The molecule has 0 radical (unpaired) electrons. The first-order chi connectivity index (χ1) is 10.5. The van der Waals surface area contributed by atoms with Crippen LogP contribution in [0.3, 0.4) is 0 Å². The molecule has 1 fully saturated rings. The Balaban J connectivity index is 1.91. The van der Waals surface area contributed by atoms with Crippen molar-refractivity contribution in [3.63, 3.8) is 0 Å². The number of likely N-dealkylation sites (tertiary alicyclic amines) is 1. The van der Waals surface area contributed by atoms with Crippen molar-refractivity contribution in [2.24, 2.45) is 5.92 Å². The van der Waals surface area contributed by atoms with Gasteiger partial charge >= 0.3 is 5.97 Å². The molecule has 1 aliphatic heterocycles. The van der Waals surface area contributed by atoms with Crippen molar-refractivity contribution < 1.29 is 19.4 Å². The van der Waals surface area contributed by atoms with Crippen molar-refractivity contribution in [1.82, 2.24) is 4.90 Å². The number of ether oxygens (including phenoxy) is 1. The van der Waals surface area contributed by atoms with E-state index in [0.29, 0.717) is 32.4 Å². The van der Waals surface area contributed by atoms with E-state index in [9.17, 15) is 9.59 Å². The van der Waals surface area contributed by atoms with E-state index in [2.05, 4.69) is 0 Å². The third-order valence-corrected chi connectivity index (χ3v) is 3.82. The van der Waals surface area contributed by atoms with Gasteiger partial charge in [-0.05, 0) is 44.4 Å². The first kappa shape index (κ1) is 16.3. The third-order valence-electron chi connectivity index (χ3n) is 3.82. The Hall–Kier alpha value is -2.04. The molecule has 2 rings (SSSR count). The van der Waals surface area contributed by atoms with Gasteiger partial charge in [-0.3, -0.25) is 9.59 Å². The molecule has 120 valence electrons. The maximum atomic E-state index is 12.3. The predicted octanol–water partition coefficient (Wildman–Crippen LogP) is 2.34. The van der Waals surface area contributed by atoms with E-state index in [1.165, 1.54) is 0 Å². The summed E-state index contributed by atoms with van der Waals surface area (Å²) in [5.74, 6) is -0.257. The summed E-state index contributed by atoms with van der Waals surface area (Å²) in [6.07, 6.45) is 1.50. The molecule has 1 heterocycles. The van der Waals surface area contributed by atoms with Crippen LogP contribution in [-0.4, -0.2) is 41.1 Å². The van der Waals surface area contributed by atoms with E-state index in [4.69, 9.17) is 9.84 Å². The van der Waals surface area contributed by atoms with Crippen LogP contribution in [0.2, 0.25) is 0 Å². The van der Waals surface area contributed by atoms with Crippen molar-refractivity contribution in [2.45, 2.75) is 39.2 Å². The quantitative estimate of drug-likeness (QED) is 0.906. The van der Waals surface area contributed by atoms with E-state index in [1.807, 2.05) is 38.1 Å². The van der Waals surface area contributed by atoms with E-state index in [1.54, 1.807) is 4.90 Å². The fourth-order valence-electron chi connectivity index (χ4n) is 2.66. The molecule has 0 aliphatic carbocycles. The lowest BCUT2D eigenvalue weighted by Gasteiger charge is -2.30. The standard InChI is InChI=1S/C17H23NO4/c1-12(2)22-15-5-3-4-13(10-15)11-16(19)18-8-6-14(7-9-18)17(20)21/h3-5,10,12,14H,6-9,11H2,1-2H3,(H,20,21). The summed E-state index contributed by atoms with van der Waals surface area (Å²) >= 11 is 0. The highest BCUT2D eigenvalue weighted by atomic mass is 16.5. The molecule has 1 amide bonds. The molecular weight excluding hydrogens is 282 g/mol. The van der Waals surface area contributed by atoms with Gasteiger partial charge in [0.1, 0.15) is 5.75 Å². The Bertz CT molecular complexity index is 533. The summed E-state index contributed by atoms with van der Waals surface area (Å²) in [5, 5.41) is 8.98. The van der Waals surface area contributed by atoms with Gasteiger partial charge in [-0.15, -0.1) is 0 Å². The van der Waals surface area contributed by atoms with Crippen molar-refractivity contribution in [3.05, 3.63) is 29.8 Å². The van der Waals surface area contributed by atoms with Crippen LogP contribution < -0.4 is 4.74 Å². The van der Waals surface area contributed by atoms with E-state index in [0.717, 1.165) is 11.3 Å². The van der Waals surface area contributed by atoms with Gasteiger partial charge < -0.3 is 14.7 Å². The van der Waals surface area contributed by atoms with Gasteiger partial charge in [-0.1, -0.05) is 12.1 Å². The molecule has 1 saturated heterocycles. The van der Waals surface area contributed by atoms with Crippen LogP contribution in [-0.2, 0) is 16.0 Å². The zero-order valence-electron chi connectivity index (χ0n) is 13.1. The van der Waals surface area contributed by atoms with E-state index in [-0.39, 0.29) is 17.9 Å². The van der Waals surface area contributed by atoms with Crippen molar-refractivity contribution in [3.8, 4) is 5.75 Å². The topological polar surface area (TPSA) is 66.8 Å². The minimum Gasteiger partial charge on any atom is -0.491 e. The largest absolute Gasteiger partial charge is 0.491 e. The summed E-state index contributed by atoms with van der Waals surface area (Å²) in [6, 6.07) is 7.57. The van der Waals surface area contributed by atoms with Crippen LogP contribution >= 0.6 is 0 Å². The van der Waals surface area contributed by atoms with Gasteiger partial charge in [-0.2, -0.15) is 0 Å². The lowest BCUT2D eigenvalue weighted by molar-refractivity contribution is -0.145. The number of rotatable bonds is 5. The average molecular weight is 305 g/mol. The number of piperidine rings is 1. The number of nitrogens with zero attached hydrogens (tertiary/aromatic N) is 1. The highest BCUT2D eigenvalue weighted by Crippen LogP contribution is 2.20. The molecule has 5 heteroatoms. The first-order valence-corrected chi connectivity index (χ1v) is 7.72. The van der Waals surface area contributed by atoms with Crippen molar-refractivity contribution >= 4 is 11.9 Å². The monoisotopic (exact) mass is 305 g/mol. The second kappa shape index (κ2) is 7.29. The number of amides is 1. The summed E-state index contributed by atoms with van der Waals surface area (Å²) in [6.45, 7) is 4.98. The zero-order chi connectivity index (χ0) is 16.1. The molecular formula is C17H23NO4. The maximum Gasteiger partial charge on any atom is 0.306 e. The molecule has 1 aliphatic rings. The van der Waals surface area contributed by atoms with Gasteiger partial charge in [-0.25, -0.2) is 0 Å². The van der Waals surface area contributed by atoms with Gasteiger partial charge in [0.15, 0.2) is 0 Å². The normalized spacial score (nSPS) is 15.9. The molecule has 0 bridgehead atoms. The van der Waals surface area contributed by atoms with Crippen LogP contribution in [0.15, 0.2) is 24.3 Å². The number of hydrogen-bond acceptors (Lipinski definition) is 3. The Morgan fingerprint density at radius 1 is 1.32 bits per heavy atom. The number of carbonyl (C=O) groups is 2. The minimum atomic E-state index is -0.759. The highest BCUT2D eigenvalue weighted by molar-refractivity contribution is 5.79.